The number of nitrogens with zero attached hydrogens (tertiary/aromatic N) is 1. The fourth-order valence-electron chi connectivity index (χ4n) is 2.62. The normalized spacial score (nSPS) is 16.1. The SMILES string of the molecule is CCCCc1ccc(N2C(=O)S/C(=C\c3ccccc3F)C2=O)cc1. The van der Waals surface area contributed by atoms with Crippen LogP contribution in [0.2, 0.25) is 0 Å². The molecule has 0 N–H and O–H groups in total. The number of rotatable bonds is 5. The molecule has 3 nitrogen and oxygen atoms in total. The van der Waals surface area contributed by atoms with E-state index < -0.39 is 11.7 Å². The van der Waals surface area contributed by atoms with E-state index in [0.717, 1.165) is 35.9 Å². The molecule has 0 radical (unpaired) electrons. The van der Waals surface area contributed by atoms with Gasteiger partial charge in [0, 0.05) is 5.56 Å². The second-order valence-corrected chi connectivity index (χ2v) is 6.80. The number of aryl methyl sites for hydroxylation is 1. The lowest BCUT2D eigenvalue weighted by atomic mass is 10.1. The van der Waals surface area contributed by atoms with Crippen LogP contribution in [-0.4, -0.2) is 11.1 Å². The lowest BCUT2D eigenvalue weighted by Crippen LogP contribution is -2.27. The van der Waals surface area contributed by atoms with Gasteiger partial charge in [0.2, 0.25) is 0 Å². The van der Waals surface area contributed by atoms with Gasteiger partial charge in [0.15, 0.2) is 0 Å². The first-order valence-electron chi connectivity index (χ1n) is 8.21. The van der Waals surface area contributed by atoms with E-state index in [4.69, 9.17) is 0 Å². The number of thioether (sulfide) groups is 1. The van der Waals surface area contributed by atoms with Crippen molar-refractivity contribution in [3.63, 3.8) is 0 Å². The molecule has 0 aliphatic carbocycles. The van der Waals surface area contributed by atoms with Crippen molar-refractivity contribution in [1.29, 1.82) is 0 Å². The summed E-state index contributed by atoms with van der Waals surface area (Å²) in [5.74, 6) is -0.839. The molecule has 0 spiro atoms. The van der Waals surface area contributed by atoms with Crippen molar-refractivity contribution in [3.8, 4) is 0 Å². The van der Waals surface area contributed by atoms with E-state index in [2.05, 4.69) is 6.92 Å². The summed E-state index contributed by atoms with van der Waals surface area (Å²) in [6, 6.07) is 13.6. The Bertz CT molecular complexity index is 830. The molecule has 2 aromatic carbocycles. The number of hydrogen-bond acceptors (Lipinski definition) is 3. The smallest absolute Gasteiger partial charge is 0.268 e. The third kappa shape index (κ3) is 3.82. The van der Waals surface area contributed by atoms with E-state index >= 15 is 0 Å². The van der Waals surface area contributed by atoms with E-state index in [-0.39, 0.29) is 10.1 Å². The van der Waals surface area contributed by atoms with Gasteiger partial charge in [-0.05, 0) is 54.4 Å². The van der Waals surface area contributed by atoms with Gasteiger partial charge in [-0.15, -0.1) is 0 Å². The Hall–Kier alpha value is -2.40. The molecule has 1 saturated heterocycles. The number of carbonyl (C=O) groups is 2. The average Bonchev–Trinajstić information content (AvgIpc) is 2.89. The van der Waals surface area contributed by atoms with Crippen LogP contribution in [0.4, 0.5) is 14.9 Å². The van der Waals surface area contributed by atoms with E-state index in [1.807, 2.05) is 12.1 Å². The van der Waals surface area contributed by atoms with Gasteiger partial charge in [0.05, 0.1) is 10.6 Å². The Morgan fingerprint density at radius 1 is 1.08 bits per heavy atom. The molecule has 0 unspecified atom stereocenters. The minimum absolute atomic E-state index is 0.227. The van der Waals surface area contributed by atoms with Crippen molar-refractivity contribution in [2.45, 2.75) is 26.2 Å². The molecule has 128 valence electrons. The highest BCUT2D eigenvalue weighted by molar-refractivity contribution is 8.19. The van der Waals surface area contributed by atoms with Gasteiger partial charge in [0.25, 0.3) is 11.1 Å². The molecule has 2 aromatic rings. The van der Waals surface area contributed by atoms with Crippen LogP contribution in [0.1, 0.15) is 30.9 Å². The first-order chi connectivity index (χ1) is 12.1. The second kappa shape index (κ2) is 7.66. The maximum absolute atomic E-state index is 13.8. The number of imide groups is 1. The van der Waals surface area contributed by atoms with Crippen LogP contribution < -0.4 is 4.90 Å². The quantitative estimate of drug-likeness (QED) is 0.673. The lowest BCUT2D eigenvalue weighted by Gasteiger charge is -2.13. The third-order valence-electron chi connectivity index (χ3n) is 4.00. The van der Waals surface area contributed by atoms with Gasteiger partial charge < -0.3 is 0 Å². The van der Waals surface area contributed by atoms with Crippen molar-refractivity contribution in [2.75, 3.05) is 4.90 Å². The number of benzene rings is 2. The maximum Gasteiger partial charge on any atom is 0.298 e. The summed E-state index contributed by atoms with van der Waals surface area (Å²) in [6.07, 6.45) is 4.62. The lowest BCUT2D eigenvalue weighted by molar-refractivity contribution is -0.113. The van der Waals surface area contributed by atoms with E-state index in [1.165, 1.54) is 17.7 Å². The molecule has 1 heterocycles. The minimum Gasteiger partial charge on any atom is -0.268 e. The predicted molar refractivity (Wildman–Crippen MR) is 99.9 cm³/mol. The van der Waals surface area contributed by atoms with Crippen molar-refractivity contribution in [2.24, 2.45) is 0 Å². The fraction of sp³-hybridized carbons (Fsp3) is 0.200. The molecule has 1 aliphatic heterocycles. The van der Waals surface area contributed by atoms with Crippen LogP contribution in [0, 0.1) is 5.82 Å². The molecule has 0 aromatic heterocycles. The van der Waals surface area contributed by atoms with Gasteiger partial charge in [-0.3, -0.25) is 9.59 Å². The Morgan fingerprint density at radius 2 is 1.80 bits per heavy atom. The van der Waals surface area contributed by atoms with Crippen molar-refractivity contribution >= 4 is 34.7 Å². The van der Waals surface area contributed by atoms with Gasteiger partial charge in [-0.25, -0.2) is 9.29 Å². The zero-order valence-electron chi connectivity index (χ0n) is 13.9. The molecular weight excluding hydrogens is 337 g/mol. The summed E-state index contributed by atoms with van der Waals surface area (Å²) in [7, 11) is 0. The first kappa shape index (κ1) is 17.4. The summed E-state index contributed by atoms with van der Waals surface area (Å²) in [5, 5.41) is -0.367. The van der Waals surface area contributed by atoms with E-state index in [9.17, 15) is 14.0 Å². The van der Waals surface area contributed by atoms with Crippen molar-refractivity contribution < 1.29 is 14.0 Å². The van der Waals surface area contributed by atoms with Crippen LogP contribution in [0.15, 0.2) is 53.4 Å². The highest BCUT2D eigenvalue weighted by Gasteiger charge is 2.36. The molecule has 25 heavy (non-hydrogen) atoms. The summed E-state index contributed by atoms with van der Waals surface area (Å²) >= 11 is 0.830. The van der Waals surface area contributed by atoms with Crippen molar-refractivity contribution in [3.05, 3.63) is 70.4 Å². The van der Waals surface area contributed by atoms with Crippen LogP contribution >= 0.6 is 11.8 Å². The fourth-order valence-corrected chi connectivity index (χ4v) is 3.45. The number of anilines is 1. The number of hydrogen-bond donors (Lipinski definition) is 0. The van der Waals surface area contributed by atoms with Gasteiger partial charge in [-0.1, -0.05) is 43.7 Å². The first-order valence-corrected chi connectivity index (χ1v) is 9.03. The maximum atomic E-state index is 13.8. The number of amides is 2. The van der Waals surface area contributed by atoms with E-state index in [1.54, 1.807) is 30.3 Å². The zero-order chi connectivity index (χ0) is 17.8. The molecule has 1 aliphatic rings. The van der Waals surface area contributed by atoms with Crippen LogP contribution in [0.25, 0.3) is 6.08 Å². The van der Waals surface area contributed by atoms with Gasteiger partial charge >= 0.3 is 0 Å². The van der Waals surface area contributed by atoms with Crippen LogP contribution in [-0.2, 0) is 11.2 Å². The molecule has 1 fully saturated rings. The largest absolute Gasteiger partial charge is 0.298 e. The Morgan fingerprint density at radius 3 is 2.48 bits per heavy atom. The molecule has 0 atom stereocenters. The van der Waals surface area contributed by atoms with Gasteiger partial charge in [-0.2, -0.15) is 0 Å². The summed E-state index contributed by atoms with van der Waals surface area (Å²) in [6.45, 7) is 2.14. The van der Waals surface area contributed by atoms with Crippen molar-refractivity contribution in [1.82, 2.24) is 0 Å². The summed E-state index contributed by atoms with van der Waals surface area (Å²) < 4.78 is 13.8. The molecule has 2 amide bonds. The highest BCUT2D eigenvalue weighted by Crippen LogP contribution is 2.36. The average molecular weight is 355 g/mol. The van der Waals surface area contributed by atoms with Crippen LogP contribution in [0.3, 0.4) is 0 Å². The third-order valence-corrected chi connectivity index (χ3v) is 4.87. The minimum atomic E-state index is -0.422. The number of halogens is 1. The number of carbonyl (C=O) groups excluding carboxylic acids is 2. The Labute approximate surface area is 150 Å². The van der Waals surface area contributed by atoms with Gasteiger partial charge in [0.1, 0.15) is 5.82 Å². The summed E-state index contributed by atoms with van der Waals surface area (Å²) in [4.78, 5) is 26.2. The predicted octanol–water partition coefficient (Wildman–Crippen LogP) is 5.41. The summed E-state index contributed by atoms with van der Waals surface area (Å²) in [5.41, 5.74) is 2.02. The van der Waals surface area contributed by atoms with Crippen LogP contribution in [0.5, 0.6) is 0 Å². The van der Waals surface area contributed by atoms with E-state index in [0.29, 0.717) is 11.3 Å². The molecular formula is C20H18FNO2S. The molecule has 0 bridgehead atoms. The standard InChI is InChI=1S/C20H18FNO2S/c1-2-3-6-14-9-11-16(12-10-14)22-19(23)18(25-20(22)24)13-15-7-4-5-8-17(15)21/h4-5,7-13H,2-3,6H2,1H3/b18-13-. The number of unbranched alkanes of at least 4 members (excludes halogenated alkanes) is 1. The zero-order valence-corrected chi connectivity index (χ0v) is 14.7. The Balaban J connectivity index is 1.83. The Kier molecular flexibility index (Phi) is 5.34. The molecule has 5 heteroatoms. The second-order valence-electron chi connectivity index (χ2n) is 5.81. The monoisotopic (exact) mass is 355 g/mol. The molecule has 3 rings (SSSR count). The topological polar surface area (TPSA) is 37.4 Å². The molecule has 0 saturated carbocycles. The highest BCUT2D eigenvalue weighted by atomic mass is 32.2.